The Morgan fingerprint density at radius 3 is 2.05 bits per heavy atom. The van der Waals surface area contributed by atoms with Crippen molar-refractivity contribution in [3.63, 3.8) is 0 Å². The minimum absolute atomic E-state index is 0.00755. The Hall–Kier alpha value is -0.880. The molecular formula is C14H21NO3S2. The highest BCUT2D eigenvalue weighted by molar-refractivity contribution is 8.00. The van der Waals surface area contributed by atoms with Gasteiger partial charge in [0.2, 0.25) is 0 Å². The number of thioether (sulfide) groups is 1. The average molecular weight is 315 g/mol. The summed E-state index contributed by atoms with van der Waals surface area (Å²) in [6.45, 7) is 11.7. The van der Waals surface area contributed by atoms with Gasteiger partial charge in [0.15, 0.2) is 0 Å². The summed E-state index contributed by atoms with van der Waals surface area (Å²) in [6.07, 6.45) is 0. The number of nitro benzene ring substituents is 1. The van der Waals surface area contributed by atoms with E-state index < -0.39 is 20.5 Å². The summed E-state index contributed by atoms with van der Waals surface area (Å²) in [4.78, 5) is 11.9. The van der Waals surface area contributed by atoms with E-state index in [0.717, 1.165) is 4.90 Å². The van der Waals surface area contributed by atoms with Crippen molar-refractivity contribution in [3.8, 4) is 0 Å². The second-order valence-electron chi connectivity index (χ2n) is 6.52. The van der Waals surface area contributed by atoms with Crippen LogP contribution in [0.2, 0.25) is 0 Å². The summed E-state index contributed by atoms with van der Waals surface area (Å²) in [5.74, 6) is 0. The summed E-state index contributed by atoms with van der Waals surface area (Å²) in [7, 11) is -1.28. The zero-order chi connectivity index (χ0) is 15.7. The van der Waals surface area contributed by atoms with Gasteiger partial charge in [0.25, 0.3) is 5.69 Å². The van der Waals surface area contributed by atoms with Crippen LogP contribution in [0.15, 0.2) is 28.0 Å². The maximum Gasteiger partial charge on any atom is 0.271 e. The van der Waals surface area contributed by atoms with Gasteiger partial charge in [0, 0.05) is 31.4 Å². The molecule has 20 heavy (non-hydrogen) atoms. The number of hydrogen-bond acceptors (Lipinski definition) is 4. The molecule has 1 unspecified atom stereocenters. The summed E-state index contributed by atoms with van der Waals surface area (Å²) >= 11 is 1.54. The Kier molecular flexibility index (Phi) is 5.03. The molecule has 0 saturated heterocycles. The minimum Gasteiger partial charge on any atom is -0.258 e. The largest absolute Gasteiger partial charge is 0.271 e. The first-order valence-corrected chi connectivity index (χ1v) is 8.27. The highest BCUT2D eigenvalue weighted by atomic mass is 32.2. The molecule has 0 bridgehead atoms. The van der Waals surface area contributed by atoms with Gasteiger partial charge in [0.05, 0.1) is 15.7 Å². The third-order valence-corrected chi connectivity index (χ3v) is 5.13. The maximum absolute atomic E-state index is 12.4. The highest BCUT2D eigenvalue weighted by Gasteiger charge is 2.24. The molecule has 1 atom stereocenters. The highest BCUT2D eigenvalue weighted by Crippen LogP contribution is 2.36. The molecule has 0 radical (unpaired) electrons. The van der Waals surface area contributed by atoms with E-state index in [4.69, 9.17) is 0 Å². The second kappa shape index (κ2) is 5.85. The molecule has 6 heteroatoms. The van der Waals surface area contributed by atoms with E-state index >= 15 is 0 Å². The van der Waals surface area contributed by atoms with Gasteiger partial charge in [0.1, 0.15) is 0 Å². The number of rotatable bonds is 3. The Morgan fingerprint density at radius 2 is 1.65 bits per heavy atom. The maximum atomic E-state index is 12.4. The van der Waals surface area contributed by atoms with E-state index in [0.29, 0.717) is 4.90 Å². The zero-order valence-corrected chi connectivity index (χ0v) is 14.4. The lowest BCUT2D eigenvalue weighted by molar-refractivity contribution is -0.385. The van der Waals surface area contributed by atoms with E-state index in [1.165, 1.54) is 17.8 Å². The Labute approximate surface area is 127 Å². The lowest BCUT2D eigenvalue weighted by atomic mass is 10.3. The molecule has 4 nitrogen and oxygen atoms in total. The van der Waals surface area contributed by atoms with E-state index in [9.17, 15) is 14.3 Å². The van der Waals surface area contributed by atoms with Crippen molar-refractivity contribution in [2.45, 2.75) is 60.8 Å². The fraction of sp³-hybridized carbons (Fsp3) is 0.571. The van der Waals surface area contributed by atoms with Gasteiger partial charge >= 0.3 is 0 Å². The van der Waals surface area contributed by atoms with E-state index in [1.807, 2.05) is 41.5 Å². The summed E-state index contributed by atoms with van der Waals surface area (Å²) in [5, 5.41) is 11.0. The SMILES string of the molecule is CC(C)(C)Sc1cc([N+](=O)[O-])cc(S(=O)C(C)(C)C)c1. The van der Waals surface area contributed by atoms with Crippen LogP contribution >= 0.6 is 11.8 Å². The van der Waals surface area contributed by atoms with Crippen molar-refractivity contribution in [1.82, 2.24) is 0 Å². The van der Waals surface area contributed by atoms with Crippen molar-refractivity contribution < 1.29 is 9.13 Å². The van der Waals surface area contributed by atoms with Gasteiger partial charge in [-0.3, -0.25) is 14.3 Å². The first-order valence-electron chi connectivity index (χ1n) is 6.30. The molecule has 0 aliphatic carbocycles. The molecule has 0 amide bonds. The third kappa shape index (κ3) is 4.90. The number of benzene rings is 1. The topological polar surface area (TPSA) is 60.2 Å². The van der Waals surface area contributed by atoms with Crippen LogP contribution in [-0.2, 0) is 10.8 Å². The van der Waals surface area contributed by atoms with Crippen LogP contribution in [0.4, 0.5) is 5.69 Å². The first-order chi connectivity index (χ1) is 8.90. The van der Waals surface area contributed by atoms with Crippen LogP contribution in [0.5, 0.6) is 0 Å². The van der Waals surface area contributed by atoms with Crippen molar-refractivity contribution >= 4 is 28.2 Å². The van der Waals surface area contributed by atoms with Crippen LogP contribution in [0.1, 0.15) is 41.5 Å². The van der Waals surface area contributed by atoms with Crippen LogP contribution < -0.4 is 0 Å². The number of non-ortho nitro benzene ring substituents is 1. The molecule has 112 valence electrons. The fourth-order valence-corrected chi connectivity index (χ4v) is 3.85. The lowest BCUT2D eigenvalue weighted by Gasteiger charge is -2.20. The van der Waals surface area contributed by atoms with Crippen molar-refractivity contribution in [3.05, 3.63) is 28.3 Å². The van der Waals surface area contributed by atoms with Crippen LogP contribution in [0.3, 0.4) is 0 Å². The molecule has 0 saturated carbocycles. The van der Waals surface area contributed by atoms with Gasteiger partial charge in [-0.05, 0) is 26.8 Å². The molecule has 0 aliphatic heterocycles. The van der Waals surface area contributed by atoms with Crippen molar-refractivity contribution in [2.24, 2.45) is 0 Å². The van der Waals surface area contributed by atoms with Crippen molar-refractivity contribution in [2.75, 3.05) is 0 Å². The van der Waals surface area contributed by atoms with E-state index in [2.05, 4.69) is 0 Å². The second-order valence-corrected chi connectivity index (χ2v) is 10.6. The number of nitrogens with zero attached hydrogens (tertiary/aromatic N) is 1. The van der Waals surface area contributed by atoms with Gasteiger partial charge in [-0.1, -0.05) is 20.8 Å². The normalized spacial score (nSPS) is 14.1. The Balaban J connectivity index is 3.32. The lowest BCUT2D eigenvalue weighted by Crippen LogP contribution is -2.21. The zero-order valence-electron chi connectivity index (χ0n) is 12.7. The molecule has 1 aromatic rings. The minimum atomic E-state index is -1.28. The Bertz CT molecular complexity index is 542. The predicted octanol–water partition coefficient (Wildman–Crippen LogP) is 4.39. The molecule has 0 fully saturated rings. The first kappa shape index (κ1) is 17.2. The summed E-state index contributed by atoms with van der Waals surface area (Å²) in [5.41, 5.74) is -0.00755. The van der Waals surface area contributed by atoms with E-state index in [-0.39, 0.29) is 10.4 Å². The van der Waals surface area contributed by atoms with Crippen LogP contribution in [0.25, 0.3) is 0 Å². The molecule has 1 aromatic carbocycles. The number of nitro groups is 1. The number of hydrogen-bond donors (Lipinski definition) is 0. The average Bonchev–Trinajstić information content (AvgIpc) is 2.23. The molecule has 0 heterocycles. The van der Waals surface area contributed by atoms with Gasteiger partial charge in [-0.2, -0.15) is 0 Å². The monoisotopic (exact) mass is 315 g/mol. The Morgan fingerprint density at radius 1 is 1.10 bits per heavy atom. The molecule has 1 rings (SSSR count). The van der Waals surface area contributed by atoms with Crippen LogP contribution in [-0.4, -0.2) is 18.6 Å². The van der Waals surface area contributed by atoms with Gasteiger partial charge < -0.3 is 0 Å². The molecule has 0 aliphatic rings. The molecule has 0 spiro atoms. The third-order valence-electron chi connectivity index (χ3n) is 2.27. The van der Waals surface area contributed by atoms with Gasteiger partial charge in [-0.25, -0.2) is 0 Å². The fourth-order valence-electron chi connectivity index (χ4n) is 1.54. The smallest absolute Gasteiger partial charge is 0.258 e. The predicted molar refractivity (Wildman–Crippen MR) is 84.9 cm³/mol. The van der Waals surface area contributed by atoms with Crippen LogP contribution in [0, 0.1) is 10.1 Å². The summed E-state index contributed by atoms with van der Waals surface area (Å²) in [6, 6.07) is 4.75. The molecule has 0 aromatic heterocycles. The summed E-state index contributed by atoms with van der Waals surface area (Å²) < 4.78 is 11.9. The standard InChI is InChI=1S/C14H21NO3S2/c1-13(2,3)19-11-7-10(15(16)17)8-12(9-11)20(18)14(4,5)6/h7-9H,1-6H3. The van der Waals surface area contributed by atoms with Gasteiger partial charge in [-0.15, -0.1) is 11.8 Å². The van der Waals surface area contributed by atoms with E-state index in [1.54, 1.807) is 12.1 Å². The molecular weight excluding hydrogens is 294 g/mol. The quantitative estimate of drug-likeness (QED) is 0.471. The van der Waals surface area contributed by atoms with Crippen molar-refractivity contribution in [1.29, 1.82) is 0 Å². The molecule has 0 N–H and O–H groups in total.